The minimum absolute atomic E-state index is 0.0650. The number of aryl methyl sites for hydroxylation is 2. The zero-order valence-corrected chi connectivity index (χ0v) is 29.4. The molecule has 0 atom stereocenters. The van der Waals surface area contributed by atoms with Crippen LogP contribution in [0.3, 0.4) is 0 Å². The third kappa shape index (κ3) is 6.84. The number of hydrogen-bond acceptors (Lipinski definition) is 9. The van der Waals surface area contributed by atoms with E-state index in [1.54, 1.807) is 42.2 Å². The number of ether oxygens (including phenoxy) is 1. The van der Waals surface area contributed by atoms with E-state index in [4.69, 9.17) is 9.15 Å². The zero-order chi connectivity index (χ0) is 36.6. The number of carbonyl (C=O) groups excluding carboxylic acids is 1. The fraction of sp³-hybridized carbons (Fsp3) is 0.205. The highest BCUT2D eigenvalue weighted by Crippen LogP contribution is 2.44. The van der Waals surface area contributed by atoms with E-state index in [9.17, 15) is 14.0 Å². The van der Waals surface area contributed by atoms with E-state index in [2.05, 4.69) is 61.5 Å². The highest BCUT2D eigenvalue weighted by atomic mass is 19.1. The van der Waals surface area contributed by atoms with E-state index < -0.39 is 17.3 Å². The lowest BCUT2D eigenvalue weighted by atomic mass is 9.99. The summed E-state index contributed by atoms with van der Waals surface area (Å²) < 4.78 is 30.6. The summed E-state index contributed by atoms with van der Waals surface area (Å²) in [6, 6.07) is 20.6. The highest BCUT2D eigenvalue weighted by Gasteiger charge is 2.25. The summed E-state index contributed by atoms with van der Waals surface area (Å²) in [6.45, 7) is 5.07. The molecule has 1 fully saturated rings. The molecule has 7 aromatic rings. The van der Waals surface area contributed by atoms with Crippen molar-refractivity contribution >= 4 is 22.7 Å². The Morgan fingerprint density at radius 3 is 2.32 bits per heavy atom. The van der Waals surface area contributed by atoms with Gasteiger partial charge in [-0.15, -0.1) is 0 Å². The minimum atomic E-state index is -0.585. The SMILES string of the molecule is CN1CCN(Cc2ccc(-c3c(-c4cnn(C)c4)oc4ncnc(Oc5ccc(NC(=O)c6cn(C)n(-c7ccc(F)cc7)c6=O)cc5)c34)cc2)CC1. The van der Waals surface area contributed by atoms with Crippen molar-refractivity contribution in [1.29, 1.82) is 0 Å². The van der Waals surface area contributed by atoms with E-state index in [1.807, 2.05) is 13.2 Å². The van der Waals surface area contributed by atoms with Crippen molar-refractivity contribution in [3.8, 4) is 39.8 Å². The molecule has 1 N–H and O–H groups in total. The van der Waals surface area contributed by atoms with Gasteiger partial charge in [0.2, 0.25) is 11.6 Å². The molecule has 13 nitrogen and oxygen atoms in total. The molecular formula is C39H36FN9O4. The van der Waals surface area contributed by atoms with Crippen molar-refractivity contribution in [3.05, 3.63) is 125 Å². The van der Waals surface area contributed by atoms with Gasteiger partial charge in [0.05, 0.1) is 17.4 Å². The molecule has 1 aliphatic rings. The molecule has 14 heteroatoms. The first-order valence-corrected chi connectivity index (χ1v) is 17.1. The Labute approximate surface area is 303 Å². The van der Waals surface area contributed by atoms with Crippen molar-refractivity contribution in [2.45, 2.75) is 6.54 Å². The Hall–Kier alpha value is -6.38. The molecule has 53 heavy (non-hydrogen) atoms. The highest BCUT2D eigenvalue weighted by molar-refractivity contribution is 6.04. The summed E-state index contributed by atoms with van der Waals surface area (Å²) >= 11 is 0. The number of piperazine rings is 1. The van der Waals surface area contributed by atoms with Gasteiger partial charge < -0.3 is 19.4 Å². The molecule has 0 bridgehead atoms. The smallest absolute Gasteiger partial charge is 0.284 e. The monoisotopic (exact) mass is 713 g/mol. The van der Waals surface area contributed by atoms with Gasteiger partial charge in [-0.1, -0.05) is 24.3 Å². The van der Waals surface area contributed by atoms with Crippen molar-refractivity contribution in [3.63, 3.8) is 0 Å². The summed E-state index contributed by atoms with van der Waals surface area (Å²) in [5, 5.41) is 7.75. The van der Waals surface area contributed by atoms with Gasteiger partial charge in [-0.25, -0.2) is 19.0 Å². The lowest BCUT2D eigenvalue weighted by Crippen LogP contribution is -2.43. The van der Waals surface area contributed by atoms with Crippen LogP contribution >= 0.6 is 0 Å². The van der Waals surface area contributed by atoms with Gasteiger partial charge in [-0.05, 0) is 66.7 Å². The quantitative estimate of drug-likeness (QED) is 0.200. The predicted octanol–water partition coefficient (Wildman–Crippen LogP) is 5.71. The Kier molecular flexibility index (Phi) is 8.90. The molecule has 0 radical (unpaired) electrons. The fourth-order valence-corrected chi connectivity index (χ4v) is 6.55. The molecule has 0 saturated carbocycles. The molecule has 268 valence electrons. The number of rotatable bonds is 9. The first-order valence-electron chi connectivity index (χ1n) is 17.1. The Morgan fingerprint density at radius 2 is 1.62 bits per heavy atom. The minimum Gasteiger partial charge on any atom is -0.438 e. The number of benzene rings is 3. The lowest BCUT2D eigenvalue weighted by molar-refractivity contribution is 0.102. The summed E-state index contributed by atoms with van der Waals surface area (Å²) in [6.07, 6.45) is 6.46. The third-order valence-corrected chi connectivity index (χ3v) is 9.36. The van der Waals surface area contributed by atoms with Gasteiger partial charge in [0.15, 0.2) is 0 Å². The van der Waals surface area contributed by atoms with Gasteiger partial charge in [0, 0.05) is 70.5 Å². The second-order valence-electron chi connectivity index (χ2n) is 13.1. The van der Waals surface area contributed by atoms with Crippen molar-refractivity contribution in [1.82, 2.24) is 38.9 Å². The van der Waals surface area contributed by atoms with Crippen molar-refractivity contribution < 1.29 is 18.3 Å². The number of carbonyl (C=O) groups is 1. The summed E-state index contributed by atoms with van der Waals surface area (Å²) in [5.74, 6) is 0.347. The number of likely N-dealkylation sites (N-methyl/N-ethyl adjacent to an activating group) is 1. The number of halogens is 1. The van der Waals surface area contributed by atoms with E-state index in [0.29, 0.717) is 39.9 Å². The molecule has 5 heterocycles. The fourth-order valence-electron chi connectivity index (χ4n) is 6.55. The molecule has 8 rings (SSSR count). The number of anilines is 1. The van der Waals surface area contributed by atoms with Crippen LogP contribution in [0, 0.1) is 5.82 Å². The molecular weight excluding hydrogens is 677 g/mol. The Balaban J connectivity index is 1.06. The summed E-state index contributed by atoms with van der Waals surface area (Å²) in [4.78, 5) is 40.1. The van der Waals surface area contributed by atoms with E-state index in [1.165, 1.54) is 51.7 Å². The molecule has 0 spiro atoms. The zero-order valence-electron chi connectivity index (χ0n) is 29.4. The Bertz CT molecular complexity index is 2470. The first kappa shape index (κ1) is 33.7. The van der Waals surface area contributed by atoms with Gasteiger partial charge >= 0.3 is 0 Å². The second-order valence-corrected chi connectivity index (χ2v) is 13.1. The summed E-state index contributed by atoms with van der Waals surface area (Å²) in [7, 11) is 5.64. The molecule has 0 aliphatic carbocycles. The van der Waals surface area contributed by atoms with E-state index in [0.717, 1.165) is 49.4 Å². The molecule has 0 unspecified atom stereocenters. The number of nitrogens with zero attached hydrogens (tertiary/aromatic N) is 8. The number of nitrogens with one attached hydrogen (secondary N) is 1. The van der Waals surface area contributed by atoms with Gasteiger partial charge in [-0.3, -0.25) is 23.9 Å². The van der Waals surface area contributed by atoms with E-state index in [-0.39, 0.29) is 5.56 Å². The predicted molar refractivity (Wildman–Crippen MR) is 198 cm³/mol. The van der Waals surface area contributed by atoms with Crippen molar-refractivity contribution in [2.75, 3.05) is 38.5 Å². The van der Waals surface area contributed by atoms with Crippen LogP contribution in [0.5, 0.6) is 11.6 Å². The average Bonchev–Trinajstić information content (AvgIpc) is 3.85. The maximum atomic E-state index is 13.5. The van der Waals surface area contributed by atoms with Crippen LogP contribution in [0.25, 0.3) is 39.2 Å². The maximum absolute atomic E-state index is 13.5. The van der Waals surface area contributed by atoms with Crippen LogP contribution in [0.15, 0.2) is 107 Å². The van der Waals surface area contributed by atoms with Gasteiger partial charge in [-0.2, -0.15) is 5.10 Å². The lowest BCUT2D eigenvalue weighted by Gasteiger charge is -2.32. The maximum Gasteiger partial charge on any atom is 0.284 e. The molecule has 4 aromatic heterocycles. The number of hydrogen-bond donors (Lipinski definition) is 1. The van der Waals surface area contributed by atoms with Crippen LogP contribution in [0.1, 0.15) is 15.9 Å². The largest absolute Gasteiger partial charge is 0.438 e. The number of aromatic nitrogens is 6. The number of fused-ring (bicyclic) bond motifs is 1. The molecule has 1 saturated heterocycles. The standard InChI is InChI=1S/C39H36FN9O4/c1-45-16-18-48(19-17-45)21-25-4-6-26(7-5-25)33-34-37(41-24-42-38(34)53-35(33)27-20-43-46(2)22-27)52-31-14-10-29(11-15-31)44-36(50)32-23-47(3)49(39(32)51)30-12-8-28(40)9-13-30/h4-15,20,22-24H,16-19,21H2,1-3H3,(H,44,50). The van der Waals surface area contributed by atoms with Crippen LogP contribution in [0.4, 0.5) is 10.1 Å². The summed E-state index contributed by atoms with van der Waals surface area (Å²) in [5.41, 5.74) is 4.37. The molecule has 1 amide bonds. The molecule has 1 aliphatic heterocycles. The van der Waals surface area contributed by atoms with E-state index >= 15 is 0 Å². The van der Waals surface area contributed by atoms with Crippen LogP contribution in [-0.4, -0.2) is 78.0 Å². The van der Waals surface area contributed by atoms with Crippen LogP contribution < -0.4 is 15.6 Å². The van der Waals surface area contributed by atoms with Crippen molar-refractivity contribution in [2.24, 2.45) is 14.1 Å². The van der Waals surface area contributed by atoms with Crippen LogP contribution in [-0.2, 0) is 20.6 Å². The topological polar surface area (TPSA) is 128 Å². The number of amides is 1. The average molecular weight is 714 g/mol. The van der Waals surface area contributed by atoms with Crippen LogP contribution in [0.2, 0.25) is 0 Å². The van der Waals surface area contributed by atoms with Gasteiger partial charge in [0.1, 0.15) is 34.6 Å². The molecule has 3 aromatic carbocycles. The second kappa shape index (κ2) is 14.0. The number of furan rings is 1. The Morgan fingerprint density at radius 1 is 0.887 bits per heavy atom. The first-order chi connectivity index (χ1) is 25.7. The van der Waals surface area contributed by atoms with Gasteiger partial charge in [0.25, 0.3) is 11.5 Å². The normalized spacial score (nSPS) is 13.8. The third-order valence-electron chi connectivity index (χ3n) is 9.36.